The highest BCUT2D eigenvalue weighted by molar-refractivity contribution is 8.00. The maximum absolute atomic E-state index is 12.8. The first-order valence-corrected chi connectivity index (χ1v) is 10.1. The normalized spacial score (nSPS) is 11.8. The fourth-order valence-corrected chi connectivity index (χ4v) is 3.54. The van der Waals surface area contributed by atoms with Gasteiger partial charge < -0.3 is 9.73 Å². The van der Waals surface area contributed by atoms with Gasteiger partial charge in [-0.25, -0.2) is 0 Å². The zero-order valence-corrected chi connectivity index (χ0v) is 16.6. The van der Waals surface area contributed by atoms with E-state index in [1.165, 1.54) is 11.8 Å². The average Bonchev–Trinajstić information content (AvgIpc) is 3.24. The molecular weight excluding hydrogens is 382 g/mol. The van der Waals surface area contributed by atoms with E-state index in [2.05, 4.69) is 15.5 Å². The lowest BCUT2D eigenvalue weighted by molar-refractivity contribution is -0.115. The van der Waals surface area contributed by atoms with Gasteiger partial charge in [-0.05, 0) is 30.7 Å². The van der Waals surface area contributed by atoms with Crippen LogP contribution in [0.1, 0.15) is 6.92 Å². The van der Waals surface area contributed by atoms with Gasteiger partial charge in [0.15, 0.2) is 0 Å². The molecular formula is C23H19N3O2S. The molecule has 0 spiro atoms. The van der Waals surface area contributed by atoms with Gasteiger partial charge >= 0.3 is 0 Å². The Labute approximate surface area is 173 Å². The van der Waals surface area contributed by atoms with Crippen molar-refractivity contribution in [3.63, 3.8) is 0 Å². The number of amides is 1. The van der Waals surface area contributed by atoms with E-state index in [9.17, 15) is 4.79 Å². The molecule has 0 saturated heterocycles. The SMILES string of the molecule is C[C@@H](Sc1nnc(-c2ccccc2)o1)C(=O)Nc1ccccc1-c1ccccc1. The van der Waals surface area contributed by atoms with Crippen molar-refractivity contribution in [1.29, 1.82) is 0 Å². The van der Waals surface area contributed by atoms with Crippen LogP contribution in [-0.2, 0) is 4.79 Å². The van der Waals surface area contributed by atoms with Crippen molar-refractivity contribution in [2.45, 2.75) is 17.4 Å². The van der Waals surface area contributed by atoms with Crippen LogP contribution in [0, 0.1) is 0 Å². The number of rotatable bonds is 6. The molecule has 144 valence electrons. The van der Waals surface area contributed by atoms with Crippen molar-refractivity contribution < 1.29 is 9.21 Å². The molecule has 0 unspecified atom stereocenters. The Balaban J connectivity index is 1.46. The minimum atomic E-state index is -0.400. The Morgan fingerprint density at radius 2 is 1.48 bits per heavy atom. The van der Waals surface area contributed by atoms with Crippen LogP contribution in [0.5, 0.6) is 0 Å². The number of nitrogens with zero attached hydrogens (tertiary/aromatic N) is 2. The summed E-state index contributed by atoms with van der Waals surface area (Å²) >= 11 is 1.24. The van der Waals surface area contributed by atoms with Crippen LogP contribution < -0.4 is 5.32 Å². The zero-order chi connectivity index (χ0) is 20.1. The molecule has 1 N–H and O–H groups in total. The molecule has 0 aliphatic carbocycles. The molecule has 0 saturated carbocycles. The van der Waals surface area contributed by atoms with Crippen molar-refractivity contribution in [2.24, 2.45) is 0 Å². The summed E-state index contributed by atoms with van der Waals surface area (Å²) in [5.74, 6) is 0.313. The monoisotopic (exact) mass is 401 g/mol. The van der Waals surface area contributed by atoms with E-state index in [0.29, 0.717) is 11.1 Å². The summed E-state index contributed by atoms with van der Waals surface area (Å²) < 4.78 is 5.69. The molecule has 1 atom stereocenters. The molecule has 6 heteroatoms. The van der Waals surface area contributed by atoms with Crippen LogP contribution in [0.4, 0.5) is 5.69 Å². The lowest BCUT2D eigenvalue weighted by Crippen LogP contribution is -2.22. The smallest absolute Gasteiger partial charge is 0.277 e. The van der Waals surface area contributed by atoms with E-state index in [1.807, 2.05) is 91.9 Å². The van der Waals surface area contributed by atoms with Crippen LogP contribution in [0.15, 0.2) is 94.6 Å². The van der Waals surface area contributed by atoms with Crippen molar-refractivity contribution in [2.75, 3.05) is 5.32 Å². The fraction of sp³-hybridized carbons (Fsp3) is 0.0870. The molecule has 0 aliphatic heterocycles. The summed E-state index contributed by atoms with van der Waals surface area (Å²) in [6, 6.07) is 27.3. The topological polar surface area (TPSA) is 68.0 Å². The van der Waals surface area contributed by atoms with Gasteiger partial charge in [0.25, 0.3) is 5.22 Å². The maximum Gasteiger partial charge on any atom is 0.277 e. The second-order valence-electron chi connectivity index (χ2n) is 6.40. The van der Waals surface area contributed by atoms with Gasteiger partial charge in [-0.2, -0.15) is 0 Å². The minimum absolute atomic E-state index is 0.127. The molecule has 0 radical (unpaired) electrons. The van der Waals surface area contributed by atoms with Gasteiger partial charge in [0, 0.05) is 16.8 Å². The molecule has 0 aliphatic rings. The summed E-state index contributed by atoms with van der Waals surface area (Å²) in [4.78, 5) is 12.8. The van der Waals surface area contributed by atoms with E-state index in [1.54, 1.807) is 0 Å². The van der Waals surface area contributed by atoms with Crippen molar-refractivity contribution in [3.05, 3.63) is 84.9 Å². The quantitative estimate of drug-likeness (QED) is 0.431. The summed E-state index contributed by atoms with van der Waals surface area (Å²) in [5, 5.41) is 11.1. The van der Waals surface area contributed by atoms with Gasteiger partial charge in [-0.3, -0.25) is 4.79 Å². The Morgan fingerprint density at radius 1 is 0.862 bits per heavy atom. The molecule has 3 aromatic carbocycles. The summed E-state index contributed by atoms with van der Waals surface area (Å²) in [6.07, 6.45) is 0. The summed E-state index contributed by atoms with van der Waals surface area (Å²) in [5.41, 5.74) is 3.64. The number of nitrogens with one attached hydrogen (secondary N) is 1. The first-order chi connectivity index (χ1) is 14.2. The van der Waals surface area contributed by atoms with Gasteiger partial charge in [0.05, 0.1) is 5.25 Å². The number of benzene rings is 3. The largest absolute Gasteiger partial charge is 0.411 e. The van der Waals surface area contributed by atoms with Gasteiger partial charge in [-0.1, -0.05) is 78.5 Å². The second-order valence-corrected chi connectivity index (χ2v) is 7.69. The van der Waals surface area contributed by atoms with E-state index in [0.717, 1.165) is 22.4 Å². The number of aromatic nitrogens is 2. The van der Waals surface area contributed by atoms with Crippen molar-refractivity contribution >= 4 is 23.4 Å². The lowest BCUT2D eigenvalue weighted by Gasteiger charge is -2.14. The first-order valence-electron chi connectivity index (χ1n) is 9.21. The van der Waals surface area contributed by atoms with Crippen molar-refractivity contribution in [1.82, 2.24) is 10.2 Å². The van der Waals surface area contributed by atoms with Gasteiger partial charge in [-0.15, -0.1) is 10.2 Å². The number of hydrogen-bond donors (Lipinski definition) is 1. The molecule has 29 heavy (non-hydrogen) atoms. The van der Waals surface area contributed by atoms with E-state index < -0.39 is 5.25 Å². The Kier molecular flexibility index (Phi) is 5.72. The third kappa shape index (κ3) is 4.55. The minimum Gasteiger partial charge on any atom is -0.411 e. The zero-order valence-electron chi connectivity index (χ0n) is 15.8. The predicted molar refractivity (Wildman–Crippen MR) is 116 cm³/mol. The highest BCUT2D eigenvalue weighted by Crippen LogP contribution is 2.30. The average molecular weight is 401 g/mol. The summed E-state index contributed by atoms with van der Waals surface area (Å²) in [6.45, 7) is 1.82. The number of hydrogen-bond acceptors (Lipinski definition) is 5. The third-order valence-corrected chi connectivity index (χ3v) is 5.28. The maximum atomic E-state index is 12.8. The Hall–Kier alpha value is -3.38. The molecule has 1 heterocycles. The van der Waals surface area contributed by atoms with Crippen molar-refractivity contribution in [3.8, 4) is 22.6 Å². The van der Waals surface area contributed by atoms with E-state index in [4.69, 9.17) is 4.42 Å². The van der Waals surface area contributed by atoms with Crippen LogP contribution in [0.25, 0.3) is 22.6 Å². The third-order valence-electron chi connectivity index (χ3n) is 4.34. The Bertz CT molecular complexity index is 1100. The number of carbonyl (C=O) groups excluding carboxylic acids is 1. The van der Waals surface area contributed by atoms with Gasteiger partial charge in [0.1, 0.15) is 0 Å². The van der Waals surface area contributed by atoms with Crippen LogP contribution in [0.3, 0.4) is 0 Å². The second kappa shape index (κ2) is 8.75. The van der Waals surface area contributed by atoms with Crippen LogP contribution >= 0.6 is 11.8 Å². The Morgan fingerprint density at radius 3 is 2.21 bits per heavy atom. The van der Waals surface area contributed by atoms with Gasteiger partial charge in [0.2, 0.25) is 11.8 Å². The molecule has 5 nitrogen and oxygen atoms in total. The van der Waals surface area contributed by atoms with E-state index in [-0.39, 0.29) is 5.91 Å². The number of para-hydroxylation sites is 1. The summed E-state index contributed by atoms with van der Waals surface area (Å²) in [7, 11) is 0. The number of anilines is 1. The fourth-order valence-electron chi connectivity index (χ4n) is 2.86. The first kappa shape index (κ1) is 19.0. The highest BCUT2D eigenvalue weighted by Gasteiger charge is 2.20. The molecule has 0 fully saturated rings. The molecule has 1 aromatic heterocycles. The van der Waals surface area contributed by atoms with Crippen LogP contribution in [0.2, 0.25) is 0 Å². The standard InChI is InChI=1S/C23H19N3O2S/c1-16(29-23-26-25-22(28-23)18-12-6-3-7-13-18)21(27)24-20-15-9-8-14-19(20)17-10-4-2-5-11-17/h2-16H,1H3,(H,24,27)/t16-/m1/s1. The van der Waals surface area contributed by atoms with E-state index >= 15 is 0 Å². The lowest BCUT2D eigenvalue weighted by atomic mass is 10.0. The molecule has 0 bridgehead atoms. The number of thioether (sulfide) groups is 1. The highest BCUT2D eigenvalue weighted by atomic mass is 32.2. The molecule has 4 rings (SSSR count). The van der Waals surface area contributed by atoms with Crippen LogP contribution in [-0.4, -0.2) is 21.4 Å². The molecule has 4 aromatic rings. The predicted octanol–water partition coefficient (Wildman–Crippen LogP) is 5.52. The number of carbonyl (C=O) groups is 1. The molecule has 1 amide bonds.